The molecule has 6 heteroatoms. The van der Waals surface area contributed by atoms with Gasteiger partial charge in [0.25, 0.3) is 0 Å². The van der Waals surface area contributed by atoms with E-state index in [1.807, 2.05) is 6.08 Å². The molecule has 9 atom stereocenters. The molecule has 0 radical (unpaired) electrons. The van der Waals surface area contributed by atoms with Crippen molar-refractivity contribution >= 4 is 16.6 Å². The Balaban J connectivity index is 1.94. The SMILES string of the molecule is C=C1/C(=C\[C@H](O)[C@@]2(O)CCC[C@]3(C)[C@@H]([C@H](C)/C=C/[C@H](C)C(C)C)CC[C@H]32)C[C@@H](O[Si](C)(C)C(C)(C)C)C[C@@H]1O[Si](C)(C)C(C)(C)C. The number of hydrogen-bond donors (Lipinski definition) is 2. The van der Waals surface area contributed by atoms with Gasteiger partial charge in [0.15, 0.2) is 16.6 Å². The van der Waals surface area contributed by atoms with Crippen LogP contribution in [0, 0.1) is 35.0 Å². The quantitative estimate of drug-likeness (QED) is 0.179. The van der Waals surface area contributed by atoms with E-state index < -0.39 is 28.3 Å². The molecule has 3 fully saturated rings. The lowest BCUT2D eigenvalue weighted by Gasteiger charge is -2.52. The molecule has 46 heavy (non-hydrogen) atoms. The molecule has 3 aliphatic carbocycles. The van der Waals surface area contributed by atoms with Gasteiger partial charge in [-0.15, -0.1) is 0 Å². The summed E-state index contributed by atoms with van der Waals surface area (Å²) in [7, 11) is -4.13. The van der Waals surface area contributed by atoms with Crippen LogP contribution in [-0.2, 0) is 8.85 Å². The van der Waals surface area contributed by atoms with E-state index >= 15 is 0 Å². The number of rotatable bonds is 10. The van der Waals surface area contributed by atoms with Crippen molar-refractivity contribution in [3.8, 4) is 0 Å². The average Bonchev–Trinajstić information content (AvgIpc) is 3.26. The molecule has 0 aromatic rings. The van der Waals surface area contributed by atoms with Crippen LogP contribution in [0.5, 0.6) is 0 Å². The van der Waals surface area contributed by atoms with Crippen LogP contribution in [-0.4, -0.2) is 50.8 Å². The zero-order chi connectivity index (χ0) is 35.3. The molecule has 3 aliphatic rings. The topological polar surface area (TPSA) is 58.9 Å². The maximum Gasteiger partial charge on any atom is 0.192 e. The summed E-state index contributed by atoms with van der Waals surface area (Å²) in [6.07, 6.45) is 12.0. The summed E-state index contributed by atoms with van der Waals surface area (Å²) in [5.74, 6) is 2.22. The molecule has 0 aromatic carbocycles. The summed E-state index contributed by atoms with van der Waals surface area (Å²) in [5.41, 5.74) is 0.832. The standard InChI is InChI=1S/C40H74O4Si2/c1-27(2)28(3)18-19-29(4)33-20-21-35-39(33,12)22-17-23-40(35,42)36(41)25-31-24-32(43-45(13,14)37(6,7)8)26-34(30(31)5)44-46(15,16)38(9,10)11/h18-19,25,27-29,32-36,41-42H,5,17,20-24,26H2,1-4,6-16H3/b19-18+,31-25-/t28-,29+,32+,33+,34-,35+,36-,39+,40+/m0/s1. The van der Waals surface area contributed by atoms with Gasteiger partial charge in [-0.2, -0.15) is 0 Å². The summed E-state index contributed by atoms with van der Waals surface area (Å²) in [6, 6.07) is 0. The normalized spacial score (nSPS) is 34.7. The first-order valence-electron chi connectivity index (χ1n) is 18.6. The average molecular weight is 675 g/mol. The second kappa shape index (κ2) is 14.0. The minimum absolute atomic E-state index is 0.00241. The van der Waals surface area contributed by atoms with E-state index in [9.17, 15) is 10.2 Å². The van der Waals surface area contributed by atoms with Crippen LogP contribution in [0.2, 0.25) is 36.3 Å². The van der Waals surface area contributed by atoms with Crippen molar-refractivity contribution in [2.45, 2.75) is 181 Å². The maximum atomic E-state index is 12.5. The van der Waals surface area contributed by atoms with Gasteiger partial charge in [0.1, 0.15) is 6.10 Å². The molecule has 0 saturated heterocycles. The number of aliphatic hydroxyl groups is 2. The van der Waals surface area contributed by atoms with E-state index in [2.05, 4.69) is 121 Å². The molecule has 266 valence electrons. The predicted molar refractivity (Wildman–Crippen MR) is 202 cm³/mol. The van der Waals surface area contributed by atoms with Gasteiger partial charge in [0.2, 0.25) is 0 Å². The highest BCUT2D eigenvalue weighted by Crippen LogP contribution is 2.62. The van der Waals surface area contributed by atoms with E-state index in [0.29, 0.717) is 36.5 Å². The number of aliphatic hydroxyl groups excluding tert-OH is 1. The fourth-order valence-corrected chi connectivity index (χ4v) is 10.9. The molecule has 2 N–H and O–H groups in total. The van der Waals surface area contributed by atoms with Gasteiger partial charge in [-0.25, -0.2) is 0 Å². The third-order valence-electron chi connectivity index (χ3n) is 13.8. The van der Waals surface area contributed by atoms with Crippen molar-refractivity contribution in [1.82, 2.24) is 0 Å². The minimum atomic E-state index is -2.09. The van der Waals surface area contributed by atoms with Crippen molar-refractivity contribution in [3.63, 3.8) is 0 Å². The summed E-state index contributed by atoms with van der Waals surface area (Å²) in [4.78, 5) is 0. The van der Waals surface area contributed by atoms with Crippen molar-refractivity contribution in [2.75, 3.05) is 0 Å². The Morgan fingerprint density at radius 1 is 0.891 bits per heavy atom. The van der Waals surface area contributed by atoms with Gasteiger partial charge < -0.3 is 19.1 Å². The fraction of sp³-hybridized carbons (Fsp3) is 0.850. The Bertz CT molecular complexity index is 1130. The Hall–Kier alpha value is -0.506. The van der Waals surface area contributed by atoms with Crippen molar-refractivity contribution in [3.05, 3.63) is 36.0 Å². The van der Waals surface area contributed by atoms with Crippen LogP contribution in [0.1, 0.15) is 121 Å². The number of allylic oxidation sites excluding steroid dienone is 2. The highest BCUT2D eigenvalue weighted by atomic mass is 28.4. The molecule has 0 heterocycles. The first-order valence-corrected chi connectivity index (χ1v) is 24.4. The van der Waals surface area contributed by atoms with Crippen LogP contribution in [0.4, 0.5) is 0 Å². The summed E-state index contributed by atoms with van der Waals surface area (Å²) >= 11 is 0. The zero-order valence-corrected chi connectivity index (χ0v) is 34.7. The fourth-order valence-electron chi connectivity index (χ4n) is 8.19. The van der Waals surface area contributed by atoms with Crippen molar-refractivity contribution in [1.29, 1.82) is 0 Å². The van der Waals surface area contributed by atoms with Gasteiger partial charge in [-0.05, 0) is 127 Å². The molecule has 0 spiro atoms. The third kappa shape index (κ3) is 8.26. The second-order valence-corrected chi connectivity index (χ2v) is 28.9. The van der Waals surface area contributed by atoms with E-state index in [-0.39, 0.29) is 33.6 Å². The van der Waals surface area contributed by atoms with E-state index in [0.717, 1.165) is 43.3 Å². The van der Waals surface area contributed by atoms with E-state index in [1.54, 1.807) is 0 Å². The van der Waals surface area contributed by atoms with Gasteiger partial charge in [-0.3, -0.25) is 0 Å². The monoisotopic (exact) mass is 675 g/mol. The molecular formula is C40H74O4Si2. The number of hydrogen-bond acceptors (Lipinski definition) is 4. The van der Waals surface area contributed by atoms with Crippen molar-refractivity contribution in [2.24, 2.45) is 35.0 Å². The third-order valence-corrected chi connectivity index (χ3v) is 22.8. The van der Waals surface area contributed by atoms with Crippen LogP contribution in [0.25, 0.3) is 0 Å². The second-order valence-electron chi connectivity index (χ2n) is 19.4. The number of fused-ring (bicyclic) bond motifs is 1. The Labute approximate surface area is 287 Å². The molecule has 3 saturated carbocycles. The zero-order valence-electron chi connectivity index (χ0n) is 32.7. The Morgan fingerprint density at radius 2 is 1.46 bits per heavy atom. The molecule has 0 aliphatic heterocycles. The van der Waals surface area contributed by atoms with Gasteiger partial charge in [0.05, 0.1) is 17.8 Å². The molecule has 0 bridgehead atoms. The van der Waals surface area contributed by atoms with E-state index in [1.165, 1.54) is 0 Å². The smallest absolute Gasteiger partial charge is 0.192 e. The Morgan fingerprint density at radius 3 is 2.00 bits per heavy atom. The summed E-state index contributed by atoms with van der Waals surface area (Å²) in [6.45, 7) is 39.2. The van der Waals surface area contributed by atoms with E-state index in [4.69, 9.17) is 8.85 Å². The lowest BCUT2D eigenvalue weighted by Crippen LogP contribution is -2.56. The molecule has 0 unspecified atom stereocenters. The molecular weight excluding hydrogens is 601 g/mol. The minimum Gasteiger partial charge on any atom is -0.413 e. The van der Waals surface area contributed by atoms with Crippen LogP contribution < -0.4 is 0 Å². The van der Waals surface area contributed by atoms with Gasteiger partial charge in [0, 0.05) is 6.42 Å². The highest BCUT2D eigenvalue weighted by Gasteiger charge is 2.60. The molecule has 4 nitrogen and oxygen atoms in total. The van der Waals surface area contributed by atoms with Gasteiger partial charge >= 0.3 is 0 Å². The lowest BCUT2D eigenvalue weighted by atomic mass is 9.56. The predicted octanol–water partition coefficient (Wildman–Crippen LogP) is 10.8. The van der Waals surface area contributed by atoms with Crippen LogP contribution in [0.15, 0.2) is 36.0 Å². The highest BCUT2D eigenvalue weighted by molar-refractivity contribution is 6.74. The van der Waals surface area contributed by atoms with Crippen molar-refractivity contribution < 1.29 is 19.1 Å². The van der Waals surface area contributed by atoms with Gasteiger partial charge in [-0.1, -0.05) is 94.9 Å². The molecule has 3 rings (SSSR count). The van der Waals surface area contributed by atoms with Crippen LogP contribution in [0.3, 0.4) is 0 Å². The molecule has 0 amide bonds. The largest absolute Gasteiger partial charge is 0.413 e. The molecule has 0 aromatic heterocycles. The Kier molecular flexibility index (Phi) is 12.2. The first-order chi connectivity index (χ1) is 20.8. The first kappa shape index (κ1) is 39.9. The summed E-state index contributed by atoms with van der Waals surface area (Å²) < 4.78 is 14.1. The van der Waals surface area contributed by atoms with Crippen LogP contribution >= 0.6 is 0 Å². The maximum absolute atomic E-state index is 12.5. The lowest BCUT2D eigenvalue weighted by molar-refractivity contribution is -0.156. The summed E-state index contributed by atoms with van der Waals surface area (Å²) in [5, 5.41) is 24.8.